The summed E-state index contributed by atoms with van der Waals surface area (Å²) in [4.78, 5) is 8.47. The lowest BCUT2D eigenvalue weighted by molar-refractivity contribution is 0.928. The summed E-state index contributed by atoms with van der Waals surface area (Å²) in [5, 5.41) is 8.19. The maximum absolute atomic E-state index is 5.19. The van der Waals surface area contributed by atoms with Crippen LogP contribution in [0.15, 0.2) is 21.6 Å². The average molecular weight is 238 g/mol. The molecule has 0 radical (unpaired) electrons. The number of aromatic nitrogens is 2. The van der Waals surface area contributed by atoms with Crippen molar-refractivity contribution >= 4 is 23.4 Å². The minimum absolute atomic E-state index is 0.0707. The van der Waals surface area contributed by atoms with Gasteiger partial charge in [0.15, 0.2) is 5.16 Å². The van der Waals surface area contributed by atoms with Crippen molar-refractivity contribution in [2.24, 2.45) is 21.7 Å². The van der Waals surface area contributed by atoms with E-state index in [1.807, 2.05) is 13.2 Å². The zero-order chi connectivity index (χ0) is 12.1. The second kappa shape index (κ2) is 5.45. The summed E-state index contributed by atoms with van der Waals surface area (Å²) in [6.07, 6.45) is 3.64. The number of aryl methyl sites for hydroxylation is 1. The molecule has 0 aliphatic heterocycles. The highest BCUT2D eigenvalue weighted by Gasteiger charge is 2.05. The molecule has 16 heavy (non-hydrogen) atoms. The molecule has 0 saturated carbocycles. The highest BCUT2D eigenvalue weighted by atomic mass is 32.2. The van der Waals surface area contributed by atoms with Gasteiger partial charge in [0.2, 0.25) is 5.96 Å². The molecule has 0 fully saturated rings. The Morgan fingerprint density at radius 3 is 2.56 bits per heavy atom. The first kappa shape index (κ1) is 12.4. The van der Waals surface area contributed by atoms with Gasteiger partial charge in [-0.25, -0.2) is 9.97 Å². The molecule has 0 bridgehead atoms. The van der Waals surface area contributed by atoms with Gasteiger partial charge in [-0.3, -0.25) is 0 Å². The lowest BCUT2D eigenvalue weighted by Gasteiger charge is -2.03. The number of hydrogen-bond acceptors (Lipinski definition) is 5. The van der Waals surface area contributed by atoms with Gasteiger partial charge in [0.1, 0.15) is 0 Å². The molecular formula is C9H14N6S. The maximum Gasteiger partial charge on any atom is 0.211 e. The molecule has 1 heterocycles. The van der Waals surface area contributed by atoms with Crippen molar-refractivity contribution in [2.75, 3.05) is 6.26 Å². The van der Waals surface area contributed by atoms with Crippen LogP contribution < -0.4 is 11.5 Å². The van der Waals surface area contributed by atoms with Gasteiger partial charge in [0.25, 0.3) is 0 Å². The molecule has 0 atom stereocenters. The molecule has 0 aliphatic rings. The number of nitrogens with zero attached hydrogens (tertiary/aromatic N) is 4. The maximum atomic E-state index is 5.19. The minimum Gasteiger partial charge on any atom is -0.369 e. The molecule has 4 N–H and O–H groups in total. The normalized spacial score (nSPS) is 11.3. The van der Waals surface area contributed by atoms with Crippen molar-refractivity contribution in [3.05, 3.63) is 17.5 Å². The first-order chi connectivity index (χ1) is 7.54. The van der Waals surface area contributed by atoms with Gasteiger partial charge in [-0.1, -0.05) is 11.8 Å². The van der Waals surface area contributed by atoms with Crippen LogP contribution in [0, 0.1) is 6.92 Å². The lowest BCUT2D eigenvalue weighted by Crippen LogP contribution is -2.22. The van der Waals surface area contributed by atoms with Crippen LogP contribution in [0.2, 0.25) is 0 Å². The smallest absolute Gasteiger partial charge is 0.211 e. The third kappa shape index (κ3) is 3.20. The fourth-order valence-electron chi connectivity index (χ4n) is 1.09. The lowest BCUT2D eigenvalue weighted by atomic mass is 10.2. The van der Waals surface area contributed by atoms with Crippen LogP contribution in [-0.4, -0.2) is 27.9 Å². The molecule has 7 heteroatoms. The zero-order valence-corrected chi connectivity index (χ0v) is 10.2. The van der Waals surface area contributed by atoms with E-state index in [-0.39, 0.29) is 5.96 Å². The van der Waals surface area contributed by atoms with Crippen LogP contribution in [0.4, 0.5) is 0 Å². The molecule has 0 saturated heterocycles. The SMILES string of the molecule is CSc1ncc(/C(C)=N\N=C(N)N)c(C)n1. The Balaban J connectivity index is 3.05. The van der Waals surface area contributed by atoms with E-state index in [4.69, 9.17) is 11.5 Å². The third-order valence-electron chi connectivity index (χ3n) is 1.85. The molecule has 1 aromatic heterocycles. The van der Waals surface area contributed by atoms with Crippen LogP contribution in [0.5, 0.6) is 0 Å². The monoisotopic (exact) mass is 238 g/mol. The van der Waals surface area contributed by atoms with E-state index in [0.717, 1.165) is 16.4 Å². The van der Waals surface area contributed by atoms with Crippen molar-refractivity contribution in [2.45, 2.75) is 19.0 Å². The van der Waals surface area contributed by atoms with Gasteiger partial charge in [-0.2, -0.15) is 5.10 Å². The Labute approximate surface area is 98.3 Å². The van der Waals surface area contributed by atoms with Crippen molar-refractivity contribution in [3.63, 3.8) is 0 Å². The van der Waals surface area contributed by atoms with Gasteiger partial charge < -0.3 is 11.5 Å². The summed E-state index contributed by atoms with van der Waals surface area (Å²) >= 11 is 1.49. The van der Waals surface area contributed by atoms with Crippen LogP contribution >= 0.6 is 11.8 Å². The summed E-state index contributed by atoms with van der Waals surface area (Å²) in [5.41, 5.74) is 12.7. The number of guanidine groups is 1. The third-order valence-corrected chi connectivity index (χ3v) is 2.41. The van der Waals surface area contributed by atoms with Crippen LogP contribution in [-0.2, 0) is 0 Å². The van der Waals surface area contributed by atoms with E-state index in [1.54, 1.807) is 13.1 Å². The molecule has 1 aromatic rings. The molecule has 6 nitrogen and oxygen atoms in total. The highest BCUT2D eigenvalue weighted by Crippen LogP contribution is 2.12. The number of thioether (sulfide) groups is 1. The summed E-state index contributed by atoms with van der Waals surface area (Å²) in [6, 6.07) is 0. The van der Waals surface area contributed by atoms with E-state index in [2.05, 4.69) is 20.2 Å². The molecule has 0 amide bonds. The largest absolute Gasteiger partial charge is 0.369 e. The molecule has 0 unspecified atom stereocenters. The van der Waals surface area contributed by atoms with E-state index >= 15 is 0 Å². The van der Waals surface area contributed by atoms with Crippen molar-refractivity contribution in [3.8, 4) is 0 Å². The topological polar surface area (TPSA) is 103 Å². The van der Waals surface area contributed by atoms with Gasteiger partial charge in [0, 0.05) is 11.8 Å². The van der Waals surface area contributed by atoms with Crippen molar-refractivity contribution in [1.29, 1.82) is 0 Å². The number of rotatable bonds is 3. The molecule has 0 aromatic carbocycles. The molecule has 0 spiro atoms. The minimum atomic E-state index is -0.0707. The van der Waals surface area contributed by atoms with E-state index in [1.165, 1.54) is 11.8 Å². The molecule has 86 valence electrons. The Morgan fingerprint density at radius 2 is 2.06 bits per heavy atom. The van der Waals surface area contributed by atoms with Gasteiger partial charge in [-0.05, 0) is 20.1 Å². The fraction of sp³-hybridized carbons (Fsp3) is 0.333. The number of hydrogen-bond donors (Lipinski definition) is 2. The Kier molecular flexibility index (Phi) is 4.24. The van der Waals surface area contributed by atoms with Gasteiger partial charge in [-0.15, -0.1) is 5.10 Å². The zero-order valence-electron chi connectivity index (χ0n) is 9.43. The Hall–Kier alpha value is -1.63. The quantitative estimate of drug-likeness (QED) is 0.262. The first-order valence-electron chi connectivity index (χ1n) is 4.55. The standard InChI is InChI=1S/C9H14N6S/c1-5-7(4-12-9(13-5)16-3)6(2)14-15-8(10)11/h4H,1-3H3,(H4,10,11,15)/b14-6-. The molecular weight excluding hydrogens is 224 g/mol. The predicted molar refractivity (Wildman–Crippen MR) is 66.6 cm³/mol. The molecule has 1 rings (SSSR count). The summed E-state index contributed by atoms with van der Waals surface area (Å²) in [7, 11) is 0. The van der Waals surface area contributed by atoms with Crippen LogP contribution in [0.25, 0.3) is 0 Å². The van der Waals surface area contributed by atoms with E-state index < -0.39 is 0 Å². The van der Waals surface area contributed by atoms with Crippen LogP contribution in [0.3, 0.4) is 0 Å². The first-order valence-corrected chi connectivity index (χ1v) is 5.78. The van der Waals surface area contributed by atoms with Crippen molar-refractivity contribution < 1.29 is 0 Å². The molecule has 0 aliphatic carbocycles. The van der Waals surface area contributed by atoms with E-state index in [9.17, 15) is 0 Å². The second-order valence-electron chi connectivity index (χ2n) is 3.07. The fourth-order valence-corrected chi connectivity index (χ4v) is 1.47. The average Bonchev–Trinajstić information content (AvgIpc) is 2.25. The highest BCUT2D eigenvalue weighted by molar-refractivity contribution is 7.98. The predicted octanol–water partition coefficient (Wildman–Crippen LogP) is 0.504. The van der Waals surface area contributed by atoms with Gasteiger partial charge >= 0.3 is 0 Å². The Morgan fingerprint density at radius 1 is 1.38 bits per heavy atom. The van der Waals surface area contributed by atoms with Gasteiger partial charge in [0.05, 0.1) is 11.4 Å². The Bertz CT molecular complexity index is 436. The van der Waals surface area contributed by atoms with Crippen LogP contribution in [0.1, 0.15) is 18.2 Å². The summed E-state index contributed by atoms with van der Waals surface area (Å²) in [6.45, 7) is 3.70. The number of nitrogens with two attached hydrogens (primary N) is 2. The van der Waals surface area contributed by atoms with E-state index in [0.29, 0.717) is 5.71 Å². The summed E-state index contributed by atoms with van der Waals surface area (Å²) in [5.74, 6) is -0.0707. The summed E-state index contributed by atoms with van der Waals surface area (Å²) < 4.78 is 0. The van der Waals surface area contributed by atoms with Crippen molar-refractivity contribution in [1.82, 2.24) is 9.97 Å². The second-order valence-corrected chi connectivity index (χ2v) is 3.84.